The summed E-state index contributed by atoms with van der Waals surface area (Å²) < 4.78 is 0. The Labute approximate surface area is 138 Å². The number of rotatable bonds is 0. The van der Waals surface area contributed by atoms with Crippen molar-refractivity contribution in [2.75, 3.05) is 11.5 Å². The lowest BCUT2D eigenvalue weighted by atomic mass is 10.1. The minimum absolute atomic E-state index is 0.00426. The molecule has 0 atom stereocenters. The van der Waals surface area contributed by atoms with Crippen LogP contribution in [-0.2, 0) is 9.59 Å². The fraction of sp³-hybridized carbons (Fsp3) is 0. The van der Waals surface area contributed by atoms with Crippen LogP contribution >= 0.6 is 0 Å². The highest BCUT2D eigenvalue weighted by Crippen LogP contribution is 2.38. The second-order valence-corrected chi connectivity index (χ2v) is 5.41. The predicted octanol–water partition coefficient (Wildman–Crippen LogP) is 2.31. The lowest BCUT2D eigenvalue weighted by Gasteiger charge is -2.00. The third-order valence-electron chi connectivity index (χ3n) is 3.69. The standard InChI is InChI=1S/C13H10N2O.C6H4O2/c14-7-1-3-9-10-4-2-8(15)6-12(10)13(16)11(9)5-7;7-5-1-2-6(8)4-3-5/h1-6H,14-15H2;1-4H. The molecule has 0 saturated heterocycles. The topological polar surface area (TPSA) is 103 Å². The third kappa shape index (κ3) is 2.87. The van der Waals surface area contributed by atoms with Gasteiger partial charge in [0, 0.05) is 22.5 Å². The Hall–Kier alpha value is -3.47. The molecule has 0 fully saturated rings. The van der Waals surface area contributed by atoms with Crippen molar-refractivity contribution >= 4 is 28.7 Å². The molecule has 2 aliphatic rings. The van der Waals surface area contributed by atoms with E-state index >= 15 is 0 Å². The van der Waals surface area contributed by atoms with Gasteiger partial charge < -0.3 is 11.5 Å². The van der Waals surface area contributed by atoms with Gasteiger partial charge in [0.1, 0.15) is 0 Å². The summed E-state index contributed by atoms with van der Waals surface area (Å²) in [6, 6.07) is 10.8. The number of hydrogen-bond acceptors (Lipinski definition) is 5. The zero-order chi connectivity index (χ0) is 17.3. The first-order valence-corrected chi connectivity index (χ1v) is 7.24. The van der Waals surface area contributed by atoms with Crippen molar-refractivity contribution in [3.63, 3.8) is 0 Å². The molecule has 5 nitrogen and oxygen atoms in total. The van der Waals surface area contributed by atoms with E-state index in [0.717, 1.165) is 11.1 Å². The fourth-order valence-electron chi connectivity index (χ4n) is 2.55. The first-order valence-electron chi connectivity index (χ1n) is 7.24. The highest BCUT2D eigenvalue weighted by atomic mass is 16.1. The molecule has 0 radical (unpaired) electrons. The van der Waals surface area contributed by atoms with Crippen LogP contribution in [0.3, 0.4) is 0 Å². The predicted molar refractivity (Wildman–Crippen MR) is 92.4 cm³/mol. The summed E-state index contributed by atoms with van der Waals surface area (Å²) in [6.07, 6.45) is 5.01. The van der Waals surface area contributed by atoms with Crippen LogP contribution in [0.4, 0.5) is 11.4 Å². The van der Waals surface area contributed by atoms with Gasteiger partial charge in [-0.25, -0.2) is 0 Å². The van der Waals surface area contributed by atoms with Gasteiger partial charge in [-0.15, -0.1) is 0 Å². The van der Waals surface area contributed by atoms with Crippen molar-refractivity contribution in [3.8, 4) is 11.1 Å². The third-order valence-corrected chi connectivity index (χ3v) is 3.69. The Morgan fingerprint density at radius 1 is 0.542 bits per heavy atom. The summed E-state index contributed by atoms with van der Waals surface area (Å²) in [5.74, 6) is -0.237. The van der Waals surface area contributed by atoms with E-state index in [1.807, 2.05) is 12.1 Å². The van der Waals surface area contributed by atoms with Crippen molar-refractivity contribution in [1.82, 2.24) is 0 Å². The van der Waals surface area contributed by atoms with Crippen LogP contribution in [0.15, 0.2) is 60.7 Å². The Morgan fingerprint density at radius 3 is 1.29 bits per heavy atom. The number of benzene rings is 2. The van der Waals surface area contributed by atoms with E-state index in [2.05, 4.69) is 0 Å². The van der Waals surface area contributed by atoms with Gasteiger partial charge in [0.05, 0.1) is 0 Å². The van der Waals surface area contributed by atoms with Crippen molar-refractivity contribution in [1.29, 1.82) is 0 Å². The summed E-state index contributed by atoms with van der Waals surface area (Å²) in [5, 5.41) is 0. The maximum atomic E-state index is 12.1. The van der Waals surface area contributed by atoms with E-state index in [1.165, 1.54) is 24.3 Å². The van der Waals surface area contributed by atoms with Crippen LogP contribution in [0.25, 0.3) is 11.1 Å². The van der Waals surface area contributed by atoms with Gasteiger partial charge in [-0.1, -0.05) is 12.1 Å². The molecule has 2 aliphatic carbocycles. The van der Waals surface area contributed by atoms with Crippen LogP contribution in [0.1, 0.15) is 15.9 Å². The smallest absolute Gasteiger partial charge is 0.194 e. The van der Waals surface area contributed by atoms with Crippen molar-refractivity contribution in [2.45, 2.75) is 0 Å². The SMILES string of the molecule is Nc1ccc2c(c1)C(=O)c1cc(N)ccc1-2.O=C1C=CC(=O)C=C1. The zero-order valence-corrected chi connectivity index (χ0v) is 12.7. The van der Waals surface area contributed by atoms with E-state index in [4.69, 9.17) is 11.5 Å². The number of fused-ring (bicyclic) bond motifs is 3. The Bertz CT molecular complexity index is 848. The summed E-state index contributed by atoms with van der Waals surface area (Å²) in [7, 11) is 0. The van der Waals surface area contributed by atoms with E-state index in [1.54, 1.807) is 24.3 Å². The minimum Gasteiger partial charge on any atom is -0.399 e. The molecule has 5 heteroatoms. The van der Waals surface area contributed by atoms with Crippen LogP contribution in [-0.4, -0.2) is 17.3 Å². The average Bonchev–Trinajstić information content (AvgIpc) is 2.83. The van der Waals surface area contributed by atoms with Gasteiger partial charge in [-0.3, -0.25) is 14.4 Å². The quantitative estimate of drug-likeness (QED) is 0.489. The average molecular weight is 318 g/mol. The molecule has 0 spiro atoms. The molecule has 4 rings (SSSR count). The Balaban J connectivity index is 0.000000179. The second kappa shape index (κ2) is 5.96. The lowest BCUT2D eigenvalue weighted by molar-refractivity contribution is -0.113. The highest BCUT2D eigenvalue weighted by Gasteiger charge is 2.26. The number of nitrogens with two attached hydrogens (primary N) is 2. The molecule has 0 bridgehead atoms. The molecule has 0 unspecified atom stereocenters. The molecular weight excluding hydrogens is 304 g/mol. The van der Waals surface area contributed by atoms with Gasteiger partial charge in [0.25, 0.3) is 0 Å². The number of anilines is 2. The van der Waals surface area contributed by atoms with E-state index in [9.17, 15) is 14.4 Å². The number of carbonyl (C=O) groups is 3. The molecule has 0 saturated carbocycles. The van der Waals surface area contributed by atoms with Crippen molar-refractivity contribution in [2.24, 2.45) is 0 Å². The number of ketones is 3. The lowest BCUT2D eigenvalue weighted by Crippen LogP contribution is -1.97. The van der Waals surface area contributed by atoms with Crippen molar-refractivity contribution < 1.29 is 14.4 Å². The maximum Gasteiger partial charge on any atom is 0.194 e. The second-order valence-electron chi connectivity index (χ2n) is 5.41. The molecule has 118 valence electrons. The van der Waals surface area contributed by atoms with Gasteiger partial charge in [-0.2, -0.15) is 0 Å². The summed E-state index contributed by atoms with van der Waals surface area (Å²) >= 11 is 0. The molecule has 0 aliphatic heterocycles. The summed E-state index contributed by atoms with van der Waals surface area (Å²) in [4.78, 5) is 32.6. The normalized spacial score (nSPS) is 14.1. The molecule has 2 aromatic carbocycles. The van der Waals surface area contributed by atoms with E-state index < -0.39 is 0 Å². The van der Waals surface area contributed by atoms with E-state index in [-0.39, 0.29) is 17.3 Å². The van der Waals surface area contributed by atoms with Crippen LogP contribution < -0.4 is 11.5 Å². The van der Waals surface area contributed by atoms with E-state index in [0.29, 0.717) is 22.5 Å². The zero-order valence-electron chi connectivity index (χ0n) is 12.7. The fourth-order valence-corrected chi connectivity index (χ4v) is 2.55. The molecular formula is C19H14N2O3. The monoisotopic (exact) mass is 318 g/mol. The van der Waals surface area contributed by atoms with Gasteiger partial charge in [0.15, 0.2) is 17.3 Å². The molecule has 0 amide bonds. The summed E-state index contributed by atoms with van der Waals surface area (Å²) in [5.41, 5.74) is 15.8. The highest BCUT2D eigenvalue weighted by molar-refractivity contribution is 6.22. The van der Waals surface area contributed by atoms with Crippen LogP contribution in [0.5, 0.6) is 0 Å². The first-order chi connectivity index (χ1) is 11.5. The first kappa shape index (κ1) is 15.4. The molecule has 2 aromatic rings. The van der Waals surface area contributed by atoms with Crippen molar-refractivity contribution in [3.05, 3.63) is 71.8 Å². The molecule has 0 aromatic heterocycles. The molecule has 4 N–H and O–H groups in total. The van der Waals surface area contributed by atoms with Gasteiger partial charge in [0.2, 0.25) is 0 Å². The van der Waals surface area contributed by atoms with Gasteiger partial charge >= 0.3 is 0 Å². The summed E-state index contributed by atoms with van der Waals surface area (Å²) in [6.45, 7) is 0. The number of allylic oxidation sites excluding steroid dienone is 4. The van der Waals surface area contributed by atoms with Crippen LogP contribution in [0, 0.1) is 0 Å². The number of nitrogen functional groups attached to an aromatic ring is 2. The molecule has 24 heavy (non-hydrogen) atoms. The van der Waals surface area contributed by atoms with Crippen LogP contribution in [0.2, 0.25) is 0 Å². The Morgan fingerprint density at radius 2 is 0.917 bits per heavy atom. The number of carbonyl (C=O) groups excluding carboxylic acids is 3. The minimum atomic E-state index is -0.121. The van der Waals surface area contributed by atoms with Gasteiger partial charge in [-0.05, 0) is 59.7 Å². The number of hydrogen-bond donors (Lipinski definition) is 2. The molecule has 0 heterocycles. The Kier molecular flexibility index (Phi) is 3.83. The largest absolute Gasteiger partial charge is 0.399 e. The maximum absolute atomic E-state index is 12.1.